The van der Waals surface area contributed by atoms with E-state index in [2.05, 4.69) is 19.2 Å². The van der Waals surface area contributed by atoms with Crippen LogP contribution in [0.15, 0.2) is 42.5 Å². The first kappa shape index (κ1) is 19.9. The van der Waals surface area contributed by atoms with Gasteiger partial charge in [-0.05, 0) is 31.5 Å². The molecule has 148 valence electrons. The molecule has 0 spiro atoms. The molecule has 28 heavy (non-hydrogen) atoms. The Morgan fingerprint density at radius 3 is 2.68 bits per heavy atom. The van der Waals surface area contributed by atoms with E-state index in [1.807, 2.05) is 12.1 Å². The second kappa shape index (κ2) is 8.44. The molecule has 1 unspecified atom stereocenters. The Hall–Kier alpha value is -2.86. The van der Waals surface area contributed by atoms with E-state index in [4.69, 9.17) is 4.74 Å². The molecule has 3 aromatic rings. The Kier molecular flexibility index (Phi) is 5.99. The van der Waals surface area contributed by atoms with Gasteiger partial charge in [0.25, 0.3) is 0 Å². The van der Waals surface area contributed by atoms with Crippen LogP contribution in [0.5, 0.6) is 5.75 Å². The van der Waals surface area contributed by atoms with Crippen molar-refractivity contribution in [1.82, 2.24) is 9.88 Å². The Labute approximate surface area is 163 Å². The molecule has 2 aromatic carbocycles. The van der Waals surface area contributed by atoms with Gasteiger partial charge in [-0.1, -0.05) is 25.1 Å². The number of rotatable bonds is 8. The molecule has 1 heterocycles. The molecule has 0 amide bonds. The van der Waals surface area contributed by atoms with Crippen LogP contribution in [0.3, 0.4) is 0 Å². The van der Waals surface area contributed by atoms with Gasteiger partial charge in [-0.3, -0.25) is 0 Å². The maximum Gasteiger partial charge on any atom is 0.352 e. The largest absolute Gasteiger partial charge is 0.497 e. The summed E-state index contributed by atoms with van der Waals surface area (Å²) in [5.74, 6) is -0.770. The summed E-state index contributed by atoms with van der Waals surface area (Å²) in [5.41, 5.74) is 2.01. The van der Waals surface area contributed by atoms with Gasteiger partial charge in [0.15, 0.2) is 0 Å². The first-order valence-corrected chi connectivity index (χ1v) is 9.35. The van der Waals surface area contributed by atoms with E-state index in [0.717, 1.165) is 11.8 Å². The van der Waals surface area contributed by atoms with Crippen LogP contribution in [0.25, 0.3) is 10.9 Å². The minimum Gasteiger partial charge on any atom is -0.497 e. The van der Waals surface area contributed by atoms with Gasteiger partial charge in [-0.25, -0.2) is 9.18 Å². The fourth-order valence-corrected chi connectivity index (χ4v) is 3.33. The zero-order valence-corrected chi connectivity index (χ0v) is 16.3. The van der Waals surface area contributed by atoms with Gasteiger partial charge in [0.05, 0.1) is 19.2 Å². The minimum absolute atomic E-state index is 0.126. The molecule has 0 aliphatic rings. The van der Waals surface area contributed by atoms with Gasteiger partial charge in [0.1, 0.15) is 17.3 Å². The lowest BCUT2D eigenvalue weighted by molar-refractivity contribution is 0.0684. The van der Waals surface area contributed by atoms with Crippen molar-refractivity contribution in [2.75, 3.05) is 7.11 Å². The first-order valence-electron chi connectivity index (χ1n) is 9.35. The molecule has 0 bridgehead atoms. The molecule has 0 saturated carbocycles. The van der Waals surface area contributed by atoms with Crippen molar-refractivity contribution >= 4 is 16.9 Å². The van der Waals surface area contributed by atoms with Crippen LogP contribution >= 0.6 is 0 Å². The van der Waals surface area contributed by atoms with Crippen LogP contribution in [0, 0.1) is 5.82 Å². The van der Waals surface area contributed by atoms with Crippen LogP contribution in [-0.4, -0.2) is 28.8 Å². The van der Waals surface area contributed by atoms with Crippen molar-refractivity contribution in [1.29, 1.82) is 0 Å². The highest BCUT2D eigenvalue weighted by molar-refractivity contribution is 5.98. The summed E-state index contributed by atoms with van der Waals surface area (Å²) in [5, 5.41) is 14.2. The van der Waals surface area contributed by atoms with Gasteiger partial charge in [0.2, 0.25) is 0 Å². The van der Waals surface area contributed by atoms with Crippen molar-refractivity contribution in [3.8, 4) is 5.75 Å². The average Bonchev–Trinajstić information content (AvgIpc) is 3.00. The molecule has 0 saturated heterocycles. The van der Waals surface area contributed by atoms with E-state index < -0.39 is 5.97 Å². The standard InChI is InChI=1S/C22H25FN2O3/c1-4-14(2)24-12-18-17-10-9-16(28-3)11-20(17)25(21(18)22(26)27)13-15-7-5-6-8-19(15)23/h5-11,14,24H,4,12-13H2,1-3H3,(H,26,27). The monoisotopic (exact) mass is 384 g/mol. The highest BCUT2D eigenvalue weighted by atomic mass is 19.1. The molecule has 1 aromatic heterocycles. The Morgan fingerprint density at radius 2 is 2.04 bits per heavy atom. The summed E-state index contributed by atoms with van der Waals surface area (Å²) in [6, 6.07) is 12.2. The fraction of sp³-hybridized carbons (Fsp3) is 0.318. The van der Waals surface area contributed by atoms with Gasteiger partial charge >= 0.3 is 5.97 Å². The van der Waals surface area contributed by atoms with Crippen molar-refractivity contribution in [2.24, 2.45) is 0 Å². The third-order valence-corrected chi connectivity index (χ3v) is 5.11. The topological polar surface area (TPSA) is 63.5 Å². The number of methoxy groups -OCH3 is 1. The van der Waals surface area contributed by atoms with Crippen molar-refractivity contribution < 1.29 is 19.0 Å². The Bertz CT molecular complexity index is 997. The number of nitrogens with one attached hydrogen (secondary N) is 1. The molecule has 2 N–H and O–H groups in total. The number of carboxylic acid groups (broad SMARTS) is 1. The van der Waals surface area contributed by atoms with Crippen LogP contribution in [-0.2, 0) is 13.1 Å². The zero-order chi connectivity index (χ0) is 20.3. The second-order valence-corrected chi connectivity index (χ2v) is 6.88. The number of aromatic carboxylic acids is 1. The number of hydrogen-bond donors (Lipinski definition) is 2. The summed E-state index contributed by atoms with van der Waals surface area (Å²) in [4.78, 5) is 12.2. The lowest BCUT2D eigenvalue weighted by Gasteiger charge is -2.13. The summed E-state index contributed by atoms with van der Waals surface area (Å²) < 4.78 is 21.2. The highest BCUT2D eigenvalue weighted by Gasteiger charge is 2.23. The first-order chi connectivity index (χ1) is 13.5. The fourth-order valence-electron chi connectivity index (χ4n) is 3.33. The van der Waals surface area contributed by atoms with E-state index in [-0.39, 0.29) is 24.1 Å². The number of carbonyl (C=O) groups is 1. The van der Waals surface area contributed by atoms with E-state index in [1.54, 1.807) is 35.9 Å². The molecule has 6 heteroatoms. The number of fused-ring (bicyclic) bond motifs is 1. The van der Waals surface area contributed by atoms with E-state index >= 15 is 0 Å². The van der Waals surface area contributed by atoms with E-state index in [1.165, 1.54) is 6.07 Å². The summed E-state index contributed by atoms with van der Waals surface area (Å²) in [6.45, 7) is 4.68. The lowest BCUT2D eigenvalue weighted by atomic mass is 10.1. The molecule has 0 fully saturated rings. The predicted molar refractivity (Wildman–Crippen MR) is 108 cm³/mol. The predicted octanol–water partition coefficient (Wildman–Crippen LogP) is 4.42. The Morgan fingerprint density at radius 1 is 1.29 bits per heavy atom. The molecular formula is C22H25FN2O3. The number of hydrogen-bond acceptors (Lipinski definition) is 3. The van der Waals surface area contributed by atoms with Crippen LogP contribution in [0.1, 0.15) is 41.9 Å². The van der Waals surface area contributed by atoms with Gasteiger partial charge in [-0.15, -0.1) is 0 Å². The molecule has 5 nitrogen and oxygen atoms in total. The molecule has 1 atom stereocenters. The van der Waals surface area contributed by atoms with Gasteiger partial charge in [-0.2, -0.15) is 0 Å². The quantitative estimate of drug-likeness (QED) is 0.603. The minimum atomic E-state index is -1.03. The summed E-state index contributed by atoms with van der Waals surface area (Å²) >= 11 is 0. The third-order valence-electron chi connectivity index (χ3n) is 5.11. The normalized spacial score (nSPS) is 12.3. The summed E-state index contributed by atoms with van der Waals surface area (Å²) in [6.07, 6.45) is 0.935. The highest BCUT2D eigenvalue weighted by Crippen LogP contribution is 2.31. The number of carboxylic acids is 1. The maximum atomic E-state index is 14.3. The van der Waals surface area contributed by atoms with Crippen LogP contribution in [0.2, 0.25) is 0 Å². The number of halogens is 1. The molecule has 0 aliphatic heterocycles. The van der Waals surface area contributed by atoms with Gasteiger partial charge < -0.3 is 19.7 Å². The molecular weight excluding hydrogens is 359 g/mol. The average molecular weight is 384 g/mol. The lowest BCUT2D eigenvalue weighted by Crippen LogP contribution is -2.25. The zero-order valence-electron chi connectivity index (χ0n) is 16.3. The number of nitrogens with zero attached hydrogens (tertiary/aromatic N) is 1. The Balaban J connectivity index is 2.20. The van der Waals surface area contributed by atoms with E-state index in [0.29, 0.717) is 28.9 Å². The maximum absolute atomic E-state index is 14.3. The molecule has 0 radical (unpaired) electrons. The van der Waals surface area contributed by atoms with Gasteiger partial charge in [0, 0.05) is 35.2 Å². The SMILES string of the molecule is CCC(C)NCc1c(C(=O)O)n(Cc2ccccc2F)c2cc(OC)ccc12. The van der Waals surface area contributed by atoms with E-state index in [9.17, 15) is 14.3 Å². The van der Waals surface area contributed by atoms with Crippen molar-refractivity contribution in [2.45, 2.75) is 39.4 Å². The number of ether oxygens (including phenoxy) is 1. The molecule has 3 rings (SSSR count). The summed E-state index contributed by atoms with van der Waals surface area (Å²) in [7, 11) is 1.56. The number of benzene rings is 2. The molecule has 0 aliphatic carbocycles. The second-order valence-electron chi connectivity index (χ2n) is 6.88. The van der Waals surface area contributed by atoms with Crippen molar-refractivity contribution in [3.63, 3.8) is 0 Å². The van der Waals surface area contributed by atoms with Crippen LogP contribution in [0.4, 0.5) is 4.39 Å². The third kappa shape index (κ3) is 3.87. The van der Waals surface area contributed by atoms with Crippen LogP contribution < -0.4 is 10.1 Å². The smallest absolute Gasteiger partial charge is 0.352 e. The van der Waals surface area contributed by atoms with Crippen molar-refractivity contribution in [3.05, 3.63) is 65.1 Å². The number of aromatic nitrogens is 1.